The Kier molecular flexibility index (Phi) is 4.94. The van der Waals surface area contributed by atoms with Crippen molar-refractivity contribution >= 4 is 22.5 Å². The quantitative estimate of drug-likeness (QED) is 0.838. The lowest BCUT2D eigenvalue weighted by molar-refractivity contribution is 0.157. The highest BCUT2D eigenvalue weighted by atomic mass is 32.1. The van der Waals surface area contributed by atoms with Crippen LogP contribution in [0.1, 0.15) is 38.6 Å². The summed E-state index contributed by atoms with van der Waals surface area (Å²) in [6.45, 7) is 8.27. The maximum Gasteiger partial charge on any atom is 0.319 e. The molecule has 0 aliphatic carbocycles. The van der Waals surface area contributed by atoms with Gasteiger partial charge in [-0.3, -0.25) is 0 Å². The summed E-state index contributed by atoms with van der Waals surface area (Å²) in [5.41, 5.74) is 0.0305. The molecule has 0 spiro atoms. The molecular formula is C15H27N5OS. The number of urea groups is 1. The number of hydrogen-bond donors (Lipinski definition) is 0. The molecule has 1 atom stereocenters. The predicted octanol–water partition coefficient (Wildman–Crippen LogP) is 2.42. The fourth-order valence-electron chi connectivity index (χ4n) is 2.56. The molecule has 2 heterocycles. The van der Waals surface area contributed by atoms with Crippen LogP contribution < -0.4 is 4.90 Å². The molecule has 124 valence electrons. The first-order chi connectivity index (χ1) is 10.2. The van der Waals surface area contributed by atoms with Gasteiger partial charge in [0, 0.05) is 39.6 Å². The van der Waals surface area contributed by atoms with Gasteiger partial charge >= 0.3 is 6.03 Å². The molecule has 1 unspecified atom stereocenters. The number of likely N-dealkylation sites (N-methyl/N-ethyl adjacent to an activating group) is 1. The average Bonchev–Trinajstić information content (AvgIpc) is 2.95. The summed E-state index contributed by atoms with van der Waals surface area (Å²) in [7, 11) is 5.47. The molecule has 2 rings (SSSR count). The van der Waals surface area contributed by atoms with E-state index in [1.54, 1.807) is 30.3 Å². The third-order valence-electron chi connectivity index (χ3n) is 3.95. The summed E-state index contributed by atoms with van der Waals surface area (Å²) in [5, 5.41) is 10.7. The SMILES string of the molecule is CN(C)C(=O)N(C)C1CCCN(c2nnc(C(C)(C)C)s2)C1. The zero-order valence-electron chi connectivity index (χ0n) is 14.5. The van der Waals surface area contributed by atoms with E-state index in [1.165, 1.54) is 0 Å². The van der Waals surface area contributed by atoms with E-state index >= 15 is 0 Å². The molecule has 1 aromatic heterocycles. The van der Waals surface area contributed by atoms with Gasteiger partial charge in [0.1, 0.15) is 5.01 Å². The standard InChI is InChI=1S/C15H27N5OS/c1-15(2,3)12-16-17-13(22-12)20-9-7-8-11(10-20)19(6)14(21)18(4)5/h11H,7-10H2,1-6H3. The summed E-state index contributed by atoms with van der Waals surface area (Å²) in [5.74, 6) is 0. The predicted molar refractivity (Wildman–Crippen MR) is 90.7 cm³/mol. The topological polar surface area (TPSA) is 52.6 Å². The van der Waals surface area contributed by atoms with Crippen LogP contribution in [0.15, 0.2) is 0 Å². The Morgan fingerprint density at radius 3 is 2.50 bits per heavy atom. The molecule has 2 amide bonds. The second kappa shape index (κ2) is 6.40. The summed E-state index contributed by atoms with van der Waals surface area (Å²) in [6.07, 6.45) is 2.11. The van der Waals surface area contributed by atoms with Gasteiger partial charge in [0.05, 0.1) is 6.04 Å². The fourth-order valence-corrected chi connectivity index (χ4v) is 3.50. The maximum absolute atomic E-state index is 12.1. The van der Waals surface area contributed by atoms with Crippen molar-refractivity contribution in [2.45, 2.75) is 45.1 Å². The van der Waals surface area contributed by atoms with Crippen LogP contribution >= 0.6 is 11.3 Å². The van der Waals surface area contributed by atoms with E-state index in [1.807, 2.05) is 11.9 Å². The van der Waals surface area contributed by atoms with Gasteiger partial charge in [-0.2, -0.15) is 0 Å². The minimum Gasteiger partial charge on any atom is -0.345 e. The summed E-state index contributed by atoms with van der Waals surface area (Å²) >= 11 is 1.66. The molecule has 22 heavy (non-hydrogen) atoms. The Bertz CT molecular complexity index is 522. The number of carbonyl (C=O) groups excluding carboxylic acids is 1. The van der Waals surface area contributed by atoms with Crippen LogP contribution in [0.25, 0.3) is 0 Å². The molecule has 1 aliphatic heterocycles. The van der Waals surface area contributed by atoms with Gasteiger partial charge in [-0.05, 0) is 12.8 Å². The smallest absolute Gasteiger partial charge is 0.319 e. The number of carbonyl (C=O) groups is 1. The zero-order valence-corrected chi connectivity index (χ0v) is 15.3. The van der Waals surface area contributed by atoms with Crippen molar-refractivity contribution in [2.24, 2.45) is 0 Å². The first-order valence-corrected chi connectivity index (χ1v) is 8.55. The fraction of sp³-hybridized carbons (Fsp3) is 0.800. The highest BCUT2D eigenvalue weighted by Gasteiger charge is 2.29. The van der Waals surface area contributed by atoms with Crippen molar-refractivity contribution in [2.75, 3.05) is 39.1 Å². The van der Waals surface area contributed by atoms with Gasteiger partial charge in [0.2, 0.25) is 5.13 Å². The molecule has 0 saturated carbocycles. The Labute approximate surface area is 137 Å². The Balaban J connectivity index is 2.07. The van der Waals surface area contributed by atoms with Crippen LogP contribution in [0, 0.1) is 0 Å². The van der Waals surface area contributed by atoms with Crippen molar-refractivity contribution in [1.82, 2.24) is 20.0 Å². The lowest BCUT2D eigenvalue weighted by atomic mass is 9.98. The van der Waals surface area contributed by atoms with E-state index in [-0.39, 0.29) is 17.5 Å². The molecule has 1 saturated heterocycles. The lowest BCUT2D eigenvalue weighted by Gasteiger charge is -2.38. The van der Waals surface area contributed by atoms with Crippen molar-refractivity contribution in [1.29, 1.82) is 0 Å². The Morgan fingerprint density at radius 1 is 1.27 bits per heavy atom. The third kappa shape index (κ3) is 3.69. The zero-order chi connectivity index (χ0) is 16.5. The second-order valence-electron chi connectivity index (χ2n) is 7.17. The summed E-state index contributed by atoms with van der Waals surface area (Å²) in [4.78, 5) is 17.9. The normalized spacial score (nSPS) is 19.2. The summed E-state index contributed by atoms with van der Waals surface area (Å²) in [6, 6.07) is 0.283. The average molecular weight is 325 g/mol. The van der Waals surface area contributed by atoms with Crippen molar-refractivity contribution in [3.05, 3.63) is 5.01 Å². The van der Waals surface area contributed by atoms with E-state index in [4.69, 9.17) is 0 Å². The van der Waals surface area contributed by atoms with Gasteiger partial charge in [-0.1, -0.05) is 32.1 Å². The number of anilines is 1. The molecule has 0 aromatic carbocycles. The van der Waals surface area contributed by atoms with Crippen molar-refractivity contribution < 1.29 is 4.79 Å². The van der Waals surface area contributed by atoms with Crippen LogP contribution in [0.4, 0.5) is 9.93 Å². The van der Waals surface area contributed by atoms with Crippen LogP contribution in [-0.2, 0) is 5.41 Å². The molecule has 1 fully saturated rings. The van der Waals surface area contributed by atoms with Crippen molar-refractivity contribution in [3.63, 3.8) is 0 Å². The van der Waals surface area contributed by atoms with Crippen LogP contribution in [0.2, 0.25) is 0 Å². The lowest BCUT2D eigenvalue weighted by Crippen LogP contribution is -2.51. The number of hydrogen-bond acceptors (Lipinski definition) is 5. The summed E-state index contributed by atoms with van der Waals surface area (Å²) < 4.78 is 0. The number of piperidine rings is 1. The van der Waals surface area contributed by atoms with Gasteiger partial charge in [0.15, 0.2) is 0 Å². The molecular weight excluding hydrogens is 298 g/mol. The van der Waals surface area contributed by atoms with Gasteiger partial charge in [-0.15, -0.1) is 10.2 Å². The van der Waals surface area contributed by atoms with Crippen molar-refractivity contribution in [3.8, 4) is 0 Å². The van der Waals surface area contributed by atoms with E-state index < -0.39 is 0 Å². The van der Waals surface area contributed by atoms with Gasteiger partial charge in [-0.25, -0.2) is 4.79 Å². The first-order valence-electron chi connectivity index (χ1n) is 7.73. The monoisotopic (exact) mass is 325 g/mol. The van der Waals surface area contributed by atoms with E-state index in [2.05, 4.69) is 35.9 Å². The number of rotatable bonds is 2. The maximum atomic E-state index is 12.1. The third-order valence-corrected chi connectivity index (χ3v) is 5.36. The Hall–Kier alpha value is -1.37. The van der Waals surface area contributed by atoms with Crippen LogP contribution in [0.5, 0.6) is 0 Å². The highest BCUT2D eigenvalue weighted by molar-refractivity contribution is 7.15. The minimum absolute atomic E-state index is 0.0305. The van der Waals surface area contributed by atoms with Crippen LogP contribution in [-0.4, -0.2) is 66.3 Å². The number of aromatic nitrogens is 2. The van der Waals surface area contributed by atoms with Gasteiger partial charge < -0.3 is 14.7 Å². The van der Waals surface area contributed by atoms with E-state index in [0.29, 0.717) is 0 Å². The molecule has 1 aliphatic rings. The molecule has 7 heteroatoms. The highest BCUT2D eigenvalue weighted by Crippen LogP contribution is 2.31. The molecule has 6 nitrogen and oxygen atoms in total. The first kappa shape index (κ1) is 17.0. The second-order valence-corrected chi connectivity index (χ2v) is 8.13. The number of amides is 2. The van der Waals surface area contributed by atoms with Gasteiger partial charge in [0.25, 0.3) is 0 Å². The van der Waals surface area contributed by atoms with E-state index in [0.717, 1.165) is 36.1 Å². The van der Waals surface area contributed by atoms with Crippen LogP contribution in [0.3, 0.4) is 0 Å². The minimum atomic E-state index is 0.0305. The molecule has 0 radical (unpaired) electrons. The Morgan fingerprint density at radius 2 is 1.95 bits per heavy atom. The molecule has 0 N–H and O–H groups in total. The number of nitrogens with zero attached hydrogens (tertiary/aromatic N) is 5. The molecule has 1 aromatic rings. The van der Waals surface area contributed by atoms with E-state index in [9.17, 15) is 4.79 Å². The molecule has 0 bridgehead atoms. The largest absolute Gasteiger partial charge is 0.345 e.